The molecule has 0 aromatic heterocycles. The van der Waals surface area contributed by atoms with Crippen LogP contribution in [0.4, 0.5) is 0 Å². The number of ether oxygens (including phenoxy) is 2. The molecule has 1 aliphatic heterocycles. The second kappa shape index (κ2) is 7.60. The number of nitrogens with zero attached hydrogens (tertiary/aromatic N) is 1. The summed E-state index contributed by atoms with van der Waals surface area (Å²) in [6, 6.07) is 14.1. The average molecular weight is 339 g/mol. The van der Waals surface area contributed by atoms with E-state index < -0.39 is 0 Å². The van der Waals surface area contributed by atoms with Gasteiger partial charge in [-0.25, -0.2) is 0 Å². The van der Waals surface area contributed by atoms with Gasteiger partial charge in [-0.05, 0) is 56.0 Å². The normalized spacial score (nSPS) is 16.8. The van der Waals surface area contributed by atoms with E-state index in [0.29, 0.717) is 0 Å². The van der Waals surface area contributed by atoms with Crippen molar-refractivity contribution in [1.82, 2.24) is 4.90 Å². The molecule has 2 aromatic rings. The summed E-state index contributed by atoms with van der Waals surface area (Å²) in [4.78, 5) is 14.6. The first-order valence-corrected chi connectivity index (χ1v) is 8.72. The maximum absolute atomic E-state index is 12.7. The van der Waals surface area contributed by atoms with Gasteiger partial charge in [-0.3, -0.25) is 4.79 Å². The third kappa shape index (κ3) is 3.95. The average Bonchev–Trinajstić information content (AvgIpc) is 3.10. The topological polar surface area (TPSA) is 38.8 Å². The Balaban J connectivity index is 1.65. The van der Waals surface area contributed by atoms with E-state index >= 15 is 0 Å². The van der Waals surface area contributed by atoms with E-state index in [-0.39, 0.29) is 18.6 Å². The molecular formula is C21H25NO3. The number of hydrogen-bond donors (Lipinski definition) is 0. The summed E-state index contributed by atoms with van der Waals surface area (Å²) in [5, 5.41) is 0. The number of benzene rings is 2. The molecule has 0 radical (unpaired) electrons. The molecule has 1 aliphatic rings. The quantitative estimate of drug-likeness (QED) is 0.825. The molecule has 0 bridgehead atoms. The second-order valence-corrected chi connectivity index (χ2v) is 6.58. The van der Waals surface area contributed by atoms with Crippen LogP contribution in [0.3, 0.4) is 0 Å². The Morgan fingerprint density at radius 3 is 2.60 bits per heavy atom. The summed E-state index contributed by atoms with van der Waals surface area (Å²) in [6.45, 7) is 4.91. The Hall–Kier alpha value is -2.49. The molecule has 0 N–H and O–H groups in total. The van der Waals surface area contributed by atoms with Crippen molar-refractivity contribution in [3.05, 3.63) is 59.2 Å². The Morgan fingerprint density at radius 1 is 1.16 bits per heavy atom. The van der Waals surface area contributed by atoms with Crippen LogP contribution in [-0.2, 0) is 4.79 Å². The van der Waals surface area contributed by atoms with Crippen molar-refractivity contribution in [2.24, 2.45) is 0 Å². The Bertz CT molecular complexity index is 739. The van der Waals surface area contributed by atoms with Gasteiger partial charge in [0.25, 0.3) is 5.91 Å². The number of aryl methyl sites for hydroxylation is 2. The lowest BCUT2D eigenvalue weighted by atomic mass is 10.0. The SMILES string of the molecule is COc1ccc(C2CCCN2C(=O)COc2ccc(C)cc2C)cc1. The number of rotatable bonds is 5. The Morgan fingerprint density at radius 2 is 1.92 bits per heavy atom. The zero-order valence-corrected chi connectivity index (χ0v) is 15.1. The van der Waals surface area contributed by atoms with Crippen molar-refractivity contribution < 1.29 is 14.3 Å². The smallest absolute Gasteiger partial charge is 0.261 e. The van der Waals surface area contributed by atoms with Gasteiger partial charge in [0.05, 0.1) is 13.2 Å². The predicted octanol–water partition coefficient (Wildman–Crippen LogP) is 4.05. The highest BCUT2D eigenvalue weighted by atomic mass is 16.5. The molecule has 4 heteroatoms. The van der Waals surface area contributed by atoms with Crippen LogP contribution in [0.1, 0.15) is 35.6 Å². The highest BCUT2D eigenvalue weighted by molar-refractivity contribution is 5.78. The lowest BCUT2D eigenvalue weighted by Gasteiger charge is -2.25. The van der Waals surface area contributed by atoms with Crippen LogP contribution in [0.25, 0.3) is 0 Å². The van der Waals surface area contributed by atoms with Gasteiger partial charge in [0.15, 0.2) is 6.61 Å². The lowest BCUT2D eigenvalue weighted by molar-refractivity contribution is -0.134. The molecule has 1 fully saturated rings. The standard InChI is InChI=1S/C21H25NO3/c1-15-6-11-20(16(2)13-15)25-14-21(23)22-12-4-5-19(22)17-7-9-18(24-3)10-8-17/h6-11,13,19H,4-5,12,14H2,1-3H3. The maximum Gasteiger partial charge on any atom is 0.261 e. The van der Waals surface area contributed by atoms with Gasteiger partial charge in [0.1, 0.15) is 11.5 Å². The van der Waals surface area contributed by atoms with Gasteiger partial charge < -0.3 is 14.4 Å². The van der Waals surface area contributed by atoms with E-state index in [4.69, 9.17) is 9.47 Å². The number of amides is 1. The van der Waals surface area contributed by atoms with Gasteiger partial charge >= 0.3 is 0 Å². The fourth-order valence-electron chi connectivity index (χ4n) is 3.42. The minimum atomic E-state index is 0.0401. The van der Waals surface area contributed by atoms with Crippen LogP contribution < -0.4 is 9.47 Å². The molecule has 3 rings (SSSR count). The van der Waals surface area contributed by atoms with Gasteiger partial charge in [-0.2, -0.15) is 0 Å². The molecular weight excluding hydrogens is 314 g/mol. The number of likely N-dealkylation sites (tertiary alicyclic amines) is 1. The van der Waals surface area contributed by atoms with Crippen molar-refractivity contribution in [2.45, 2.75) is 32.7 Å². The number of carbonyl (C=O) groups is 1. The van der Waals surface area contributed by atoms with Crippen LogP contribution >= 0.6 is 0 Å². The molecule has 0 spiro atoms. The van der Waals surface area contributed by atoms with Crippen molar-refractivity contribution in [2.75, 3.05) is 20.3 Å². The monoisotopic (exact) mass is 339 g/mol. The van der Waals surface area contributed by atoms with Crippen molar-refractivity contribution >= 4 is 5.91 Å². The Kier molecular flexibility index (Phi) is 5.27. The van der Waals surface area contributed by atoms with Crippen LogP contribution in [0.2, 0.25) is 0 Å². The Labute approximate surface area is 149 Å². The van der Waals surface area contributed by atoms with E-state index in [0.717, 1.165) is 42.0 Å². The molecule has 0 aliphatic carbocycles. The first-order valence-electron chi connectivity index (χ1n) is 8.72. The van der Waals surface area contributed by atoms with E-state index in [9.17, 15) is 4.79 Å². The highest BCUT2D eigenvalue weighted by Crippen LogP contribution is 2.33. The largest absolute Gasteiger partial charge is 0.497 e. The zero-order valence-electron chi connectivity index (χ0n) is 15.1. The summed E-state index contributed by atoms with van der Waals surface area (Å²) in [6.07, 6.45) is 2.01. The molecule has 1 unspecified atom stereocenters. The van der Waals surface area contributed by atoms with Gasteiger partial charge in [0.2, 0.25) is 0 Å². The molecule has 2 aromatic carbocycles. The first-order chi connectivity index (χ1) is 12.1. The minimum Gasteiger partial charge on any atom is -0.497 e. The first kappa shape index (κ1) is 17.3. The van der Waals surface area contributed by atoms with Crippen LogP contribution in [-0.4, -0.2) is 31.1 Å². The fraction of sp³-hybridized carbons (Fsp3) is 0.381. The summed E-state index contributed by atoms with van der Waals surface area (Å²) in [5.41, 5.74) is 3.40. The molecule has 4 nitrogen and oxygen atoms in total. The van der Waals surface area contributed by atoms with Crippen LogP contribution in [0, 0.1) is 13.8 Å². The third-order valence-corrected chi connectivity index (χ3v) is 4.76. The summed E-state index contributed by atoms with van der Waals surface area (Å²) < 4.78 is 11.0. The molecule has 25 heavy (non-hydrogen) atoms. The van der Waals surface area contributed by atoms with Gasteiger partial charge in [0, 0.05) is 6.54 Å². The fourth-order valence-corrected chi connectivity index (χ4v) is 3.42. The molecule has 1 heterocycles. The molecule has 1 saturated heterocycles. The second-order valence-electron chi connectivity index (χ2n) is 6.58. The van der Waals surface area contributed by atoms with Gasteiger partial charge in [-0.15, -0.1) is 0 Å². The van der Waals surface area contributed by atoms with E-state index in [2.05, 4.69) is 6.07 Å². The third-order valence-electron chi connectivity index (χ3n) is 4.76. The summed E-state index contributed by atoms with van der Waals surface area (Å²) in [7, 11) is 1.66. The van der Waals surface area contributed by atoms with Crippen molar-refractivity contribution in [3.8, 4) is 11.5 Å². The van der Waals surface area contributed by atoms with E-state index in [1.165, 1.54) is 5.56 Å². The summed E-state index contributed by atoms with van der Waals surface area (Å²) in [5.74, 6) is 1.65. The maximum atomic E-state index is 12.7. The molecule has 1 atom stereocenters. The molecule has 132 valence electrons. The van der Waals surface area contributed by atoms with Gasteiger partial charge in [-0.1, -0.05) is 29.8 Å². The van der Waals surface area contributed by atoms with Crippen molar-refractivity contribution in [1.29, 1.82) is 0 Å². The predicted molar refractivity (Wildman–Crippen MR) is 98.1 cm³/mol. The number of carbonyl (C=O) groups excluding carboxylic acids is 1. The summed E-state index contributed by atoms with van der Waals surface area (Å²) >= 11 is 0. The van der Waals surface area contributed by atoms with Crippen LogP contribution in [0.5, 0.6) is 11.5 Å². The number of hydrogen-bond acceptors (Lipinski definition) is 3. The number of methoxy groups -OCH3 is 1. The highest BCUT2D eigenvalue weighted by Gasteiger charge is 2.30. The zero-order chi connectivity index (χ0) is 17.8. The van der Waals surface area contributed by atoms with E-state index in [1.54, 1.807) is 7.11 Å². The van der Waals surface area contributed by atoms with Crippen molar-refractivity contribution in [3.63, 3.8) is 0 Å². The molecule has 0 saturated carbocycles. The van der Waals surface area contributed by atoms with E-state index in [1.807, 2.05) is 55.1 Å². The lowest BCUT2D eigenvalue weighted by Crippen LogP contribution is -2.34. The van der Waals surface area contributed by atoms with Crippen LogP contribution in [0.15, 0.2) is 42.5 Å². The molecule has 1 amide bonds. The minimum absolute atomic E-state index is 0.0401.